The van der Waals surface area contributed by atoms with Gasteiger partial charge in [-0.05, 0) is 25.5 Å². The predicted octanol–water partition coefficient (Wildman–Crippen LogP) is 1.95. The van der Waals surface area contributed by atoms with Crippen molar-refractivity contribution < 1.29 is 24.0 Å². The summed E-state index contributed by atoms with van der Waals surface area (Å²) in [5.41, 5.74) is 0.463. The molecule has 2 rings (SSSR count). The second-order valence-electron chi connectivity index (χ2n) is 4.73. The van der Waals surface area contributed by atoms with E-state index in [1.807, 2.05) is 6.92 Å². The van der Waals surface area contributed by atoms with E-state index in [0.29, 0.717) is 11.7 Å². The highest BCUT2D eigenvalue weighted by Gasteiger charge is 2.39. The lowest BCUT2D eigenvalue weighted by atomic mass is 10.1. The van der Waals surface area contributed by atoms with Crippen molar-refractivity contribution in [3.63, 3.8) is 0 Å². The first-order valence-electron chi connectivity index (χ1n) is 6.87. The van der Waals surface area contributed by atoms with Gasteiger partial charge in [0.05, 0.1) is 11.1 Å². The van der Waals surface area contributed by atoms with Gasteiger partial charge in [-0.25, -0.2) is 4.79 Å². The number of fused-ring (bicyclic) bond motifs is 1. The quantitative estimate of drug-likeness (QED) is 0.591. The molecule has 0 spiro atoms. The van der Waals surface area contributed by atoms with Crippen LogP contribution in [-0.2, 0) is 14.4 Å². The van der Waals surface area contributed by atoms with Crippen molar-refractivity contribution in [3.05, 3.63) is 35.4 Å². The summed E-state index contributed by atoms with van der Waals surface area (Å²) in [4.78, 5) is 40.7. The number of benzene rings is 1. The molecule has 0 bridgehead atoms. The van der Waals surface area contributed by atoms with E-state index in [2.05, 4.69) is 0 Å². The molecule has 0 radical (unpaired) electrons. The first-order chi connectivity index (χ1) is 10.1. The van der Waals surface area contributed by atoms with Crippen LogP contribution in [0.1, 0.15) is 47.4 Å². The zero-order chi connectivity index (χ0) is 15.4. The van der Waals surface area contributed by atoms with Crippen molar-refractivity contribution in [2.24, 2.45) is 0 Å². The Bertz CT molecular complexity index is 534. The number of nitrogens with zero attached hydrogens (tertiary/aromatic N) is 1. The molecule has 1 unspecified atom stereocenters. The Hall–Kier alpha value is -2.21. The van der Waals surface area contributed by atoms with Crippen molar-refractivity contribution in [3.8, 4) is 0 Å². The summed E-state index contributed by atoms with van der Waals surface area (Å²) in [5, 5.41) is 0.493. The number of hydrogen-bond donors (Lipinski definition) is 0. The monoisotopic (exact) mass is 291 g/mol. The number of unbranched alkanes of at least 4 members (excludes halogenated alkanes) is 1. The number of carbonyl (C=O) groups is 3. The molecule has 0 saturated heterocycles. The molecule has 1 aliphatic heterocycles. The molecule has 0 saturated carbocycles. The number of carbonyl (C=O) groups excluding carboxylic acids is 3. The van der Waals surface area contributed by atoms with Gasteiger partial charge in [-0.1, -0.05) is 30.5 Å². The van der Waals surface area contributed by atoms with Gasteiger partial charge >= 0.3 is 5.97 Å². The fraction of sp³-hybridized carbons (Fsp3) is 0.400. The van der Waals surface area contributed by atoms with Crippen LogP contribution in [-0.4, -0.2) is 35.6 Å². The summed E-state index contributed by atoms with van der Waals surface area (Å²) >= 11 is 0. The van der Waals surface area contributed by atoms with Crippen molar-refractivity contribution in [1.29, 1.82) is 0 Å². The Morgan fingerprint density at radius 2 is 1.76 bits per heavy atom. The van der Waals surface area contributed by atoms with Crippen LogP contribution < -0.4 is 0 Å². The summed E-state index contributed by atoms with van der Waals surface area (Å²) in [7, 11) is 0. The smallest absolute Gasteiger partial charge is 0.361 e. The third-order valence-electron chi connectivity index (χ3n) is 3.14. The van der Waals surface area contributed by atoms with Gasteiger partial charge < -0.3 is 9.57 Å². The minimum atomic E-state index is -0.833. The molecule has 1 heterocycles. The number of rotatable bonds is 6. The summed E-state index contributed by atoms with van der Waals surface area (Å²) < 4.78 is 5.28. The van der Waals surface area contributed by atoms with Gasteiger partial charge in [0, 0.05) is 6.61 Å². The average molecular weight is 291 g/mol. The fourth-order valence-corrected chi connectivity index (χ4v) is 1.89. The normalized spacial score (nSPS) is 15.0. The van der Waals surface area contributed by atoms with Gasteiger partial charge in [0.25, 0.3) is 11.8 Å². The van der Waals surface area contributed by atoms with E-state index in [0.717, 1.165) is 12.8 Å². The molecule has 0 fully saturated rings. The Kier molecular flexibility index (Phi) is 4.70. The number of imide groups is 1. The highest BCUT2D eigenvalue weighted by molar-refractivity contribution is 6.20. The average Bonchev–Trinajstić information content (AvgIpc) is 2.73. The maximum Gasteiger partial charge on any atom is 0.361 e. The van der Waals surface area contributed by atoms with Gasteiger partial charge in [-0.15, -0.1) is 0 Å². The third kappa shape index (κ3) is 3.11. The minimum Gasteiger partial charge on any atom is -0.367 e. The van der Waals surface area contributed by atoms with Crippen LogP contribution in [0.4, 0.5) is 0 Å². The largest absolute Gasteiger partial charge is 0.367 e. The van der Waals surface area contributed by atoms with E-state index in [-0.39, 0.29) is 11.1 Å². The molecule has 6 nitrogen and oxygen atoms in total. The summed E-state index contributed by atoms with van der Waals surface area (Å²) in [6, 6.07) is 6.33. The Labute approximate surface area is 122 Å². The van der Waals surface area contributed by atoms with Gasteiger partial charge in [0.15, 0.2) is 6.10 Å². The highest BCUT2D eigenvalue weighted by Crippen LogP contribution is 2.22. The third-order valence-corrected chi connectivity index (χ3v) is 3.14. The first kappa shape index (κ1) is 15.2. The molecule has 2 amide bonds. The highest BCUT2D eigenvalue weighted by atomic mass is 16.7. The summed E-state index contributed by atoms with van der Waals surface area (Å²) in [6.07, 6.45) is 0.936. The van der Waals surface area contributed by atoms with Crippen LogP contribution >= 0.6 is 0 Å². The van der Waals surface area contributed by atoms with Gasteiger partial charge in [-0.2, -0.15) is 0 Å². The molecule has 0 aromatic heterocycles. The van der Waals surface area contributed by atoms with E-state index in [4.69, 9.17) is 9.57 Å². The van der Waals surface area contributed by atoms with Crippen LogP contribution in [0, 0.1) is 0 Å². The lowest BCUT2D eigenvalue weighted by molar-refractivity contribution is -0.180. The predicted molar refractivity (Wildman–Crippen MR) is 73.4 cm³/mol. The van der Waals surface area contributed by atoms with E-state index >= 15 is 0 Å². The van der Waals surface area contributed by atoms with Crippen LogP contribution in [0.3, 0.4) is 0 Å². The lowest BCUT2D eigenvalue weighted by Crippen LogP contribution is -2.37. The molecule has 1 aromatic carbocycles. The molecule has 21 heavy (non-hydrogen) atoms. The Balaban J connectivity index is 2.00. The topological polar surface area (TPSA) is 72.9 Å². The molecule has 0 aliphatic carbocycles. The van der Waals surface area contributed by atoms with Crippen molar-refractivity contribution in [1.82, 2.24) is 5.06 Å². The molecule has 1 aliphatic rings. The Morgan fingerprint density at radius 1 is 1.19 bits per heavy atom. The fourth-order valence-electron chi connectivity index (χ4n) is 1.89. The van der Waals surface area contributed by atoms with Gasteiger partial charge in [0.2, 0.25) is 0 Å². The molecule has 1 atom stereocenters. The Morgan fingerprint density at radius 3 is 2.29 bits per heavy atom. The van der Waals surface area contributed by atoms with Crippen LogP contribution in [0.25, 0.3) is 0 Å². The van der Waals surface area contributed by atoms with Gasteiger partial charge in [0.1, 0.15) is 0 Å². The van der Waals surface area contributed by atoms with E-state index in [1.165, 1.54) is 19.1 Å². The van der Waals surface area contributed by atoms with Crippen molar-refractivity contribution >= 4 is 17.8 Å². The number of amides is 2. The molecule has 6 heteroatoms. The van der Waals surface area contributed by atoms with E-state index in [1.54, 1.807) is 12.1 Å². The van der Waals surface area contributed by atoms with Crippen LogP contribution in [0.5, 0.6) is 0 Å². The lowest BCUT2D eigenvalue weighted by Gasteiger charge is -2.16. The zero-order valence-corrected chi connectivity index (χ0v) is 12.0. The van der Waals surface area contributed by atoms with Crippen molar-refractivity contribution in [2.45, 2.75) is 32.8 Å². The molecule has 1 aromatic rings. The number of ether oxygens (including phenoxy) is 1. The standard InChI is InChI=1S/C15H17NO5/c1-3-4-9-20-10(2)15(19)21-16-13(17)11-7-5-6-8-12(11)14(16)18/h5-8,10H,3-4,9H2,1-2H3. The zero-order valence-electron chi connectivity index (χ0n) is 12.0. The number of hydrogen-bond acceptors (Lipinski definition) is 5. The second-order valence-corrected chi connectivity index (χ2v) is 4.73. The minimum absolute atomic E-state index is 0.231. The summed E-state index contributed by atoms with van der Waals surface area (Å²) in [6.45, 7) is 3.95. The SMILES string of the molecule is CCCCOC(C)C(=O)ON1C(=O)c2ccccc2C1=O. The van der Waals surface area contributed by atoms with Gasteiger partial charge in [-0.3, -0.25) is 9.59 Å². The molecule has 112 valence electrons. The molecule has 0 N–H and O–H groups in total. The second kappa shape index (κ2) is 6.49. The molecular weight excluding hydrogens is 274 g/mol. The maximum atomic E-state index is 12.0. The molecular formula is C15H17NO5. The van der Waals surface area contributed by atoms with Crippen molar-refractivity contribution in [2.75, 3.05) is 6.61 Å². The van der Waals surface area contributed by atoms with Crippen LogP contribution in [0.2, 0.25) is 0 Å². The maximum absolute atomic E-state index is 12.0. The van der Waals surface area contributed by atoms with Crippen LogP contribution in [0.15, 0.2) is 24.3 Å². The summed E-state index contributed by atoms with van der Waals surface area (Å²) in [5.74, 6) is -2.03. The first-order valence-corrected chi connectivity index (χ1v) is 6.87. The van der Waals surface area contributed by atoms with E-state index in [9.17, 15) is 14.4 Å². The van der Waals surface area contributed by atoms with E-state index < -0.39 is 23.9 Å². The number of hydroxylamine groups is 2.